The SMILES string of the molecule is C=C1CC(C)(C)C(C(=O)CC(C)C)O1. The second-order valence-electron chi connectivity index (χ2n) is 5.27. The molecule has 1 fully saturated rings. The fraction of sp³-hybridized carbons (Fsp3) is 0.750. The molecule has 1 saturated heterocycles. The Morgan fingerprint density at radius 1 is 1.64 bits per heavy atom. The van der Waals surface area contributed by atoms with Gasteiger partial charge in [0.15, 0.2) is 11.9 Å². The van der Waals surface area contributed by atoms with Crippen molar-refractivity contribution in [2.45, 2.75) is 46.6 Å². The molecule has 1 rings (SSSR count). The van der Waals surface area contributed by atoms with Crippen LogP contribution >= 0.6 is 0 Å². The number of ether oxygens (including phenoxy) is 1. The number of ketones is 1. The van der Waals surface area contributed by atoms with E-state index in [0.29, 0.717) is 12.3 Å². The Labute approximate surface area is 86.3 Å². The standard InChI is InChI=1S/C12H20O2/c1-8(2)6-10(13)11-12(4,5)7-9(3)14-11/h8,11H,3,6-7H2,1-2,4-5H3. The van der Waals surface area contributed by atoms with Gasteiger partial charge in [0.2, 0.25) is 0 Å². The fourth-order valence-corrected chi connectivity index (χ4v) is 1.98. The summed E-state index contributed by atoms with van der Waals surface area (Å²) >= 11 is 0. The van der Waals surface area contributed by atoms with Gasteiger partial charge in [0.1, 0.15) is 0 Å². The van der Waals surface area contributed by atoms with Gasteiger partial charge in [-0.15, -0.1) is 0 Å². The van der Waals surface area contributed by atoms with Gasteiger partial charge in [-0.1, -0.05) is 34.3 Å². The summed E-state index contributed by atoms with van der Waals surface area (Å²) in [5, 5.41) is 0. The van der Waals surface area contributed by atoms with Crippen molar-refractivity contribution in [1.82, 2.24) is 0 Å². The summed E-state index contributed by atoms with van der Waals surface area (Å²) in [4.78, 5) is 11.9. The number of Topliss-reactive ketones (excluding diaryl/α,β-unsaturated/α-hetero) is 1. The minimum Gasteiger partial charge on any atom is -0.487 e. The molecule has 2 heteroatoms. The van der Waals surface area contributed by atoms with Gasteiger partial charge in [-0.2, -0.15) is 0 Å². The van der Waals surface area contributed by atoms with E-state index in [4.69, 9.17) is 4.74 Å². The van der Waals surface area contributed by atoms with Gasteiger partial charge in [-0.05, 0) is 5.92 Å². The molecule has 0 saturated carbocycles. The van der Waals surface area contributed by atoms with Crippen LogP contribution in [0.2, 0.25) is 0 Å². The van der Waals surface area contributed by atoms with Crippen molar-refractivity contribution in [2.75, 3.05) is 0 Å². The van der Waals surface area contributed by atoms with E-state index in [1.165, 1.54) is 0 Å². The molecule has 80 valence electrons. The van der Waals surface area contributed by atoms with Crippen LogP contribution in [0, 0.1) is 11.3 Å². The van der Waals surface area contributed by atoms with E-state index < -0.39 is 0 Å². The average molecular weight is 196 g/mol. The lowest BCUT2D eigenvalue weighted by atomic mass is 9.81. The molecule has 1 aliphatic rings. The Morgan fingerprint density at radius 3 is 2.57 bits per heavy atom. The molecule has 0 aliphatic carbocycles. The maximum Gasteiger partial charge on any atom is 0.174 e. The third-order valence-electron chi connectivity index (χ3n) is 2.55. The van der Waals surface area contributed by atoms with Crippen LogP contribution in [0.25, 0.3) is 0 Å². The Morgan fingerprint density at radius 2 is 2.21 bits per heavy atom. The molecule has 1 heterocycles. The number of carbonyl (C=O) groups excluding carboxylic acids is 1. The minimum atomic E-state index is -0.280. The van der Waals surface area contributed by atoms with Gasteiger partial charge in [-0.25, -0.2) is 0 Å². The van der Waals surface area contributed by atoms with Gasteiger partial charge >= 0.3 is 0 Å². The molecule has 1 unspecified atom stereocenters. The molecular weight excluding hydrogens is 176 g/mol. The van der Waals surface area contributed by atoms with Crippen LogP contribution < -0.4 is 0 Å². The first-order valence-electron chi connectivity index (χ1n) is 5.20. The van der Waals surface area contributed by atoms with E-state index in [-0.39, 0.29) is 17.3 Å². The van der Waals surface area contributed by atoms with Crippen LogP contribution in [0.5, 0.6) is 0 Å². The van der Waals surface area contributed by atoms with Crippen LogP contribution in [0.4, 0.5) is 0 Å². The number of hydrogen-bond acceptors (Lipinski definition) is 2. The second kappa shape index (κ2) is 3.76. The molecule has 0 radical (unpaired) electrons. The lowest BCUT2D eigenvalue weighted by Gasteiger charge is -2.23. The smallest absolute Gasteiger partial charge is 0.174 e. The third kappa shape index (κ3) is 2.37. The Hall–Kier alpha value is -0.790. The fourth-order valence-electron chi connectivity index (χ4n) is 1.98. The Kier molecular flexibility index (Phi) is 3.03. The summed E-state index contributed by atoms with van der Waals surface area (Å²) in [5.41, 5.74) is -0.0803. The number of hydrogen-bond donors (Lipinski definition) is 0. The monoisotopic (exact) mass is 196 g/mol. The number of rotatable bonds is 3. The minimum absolute atomic E-state index is 0.0803. The van der Waals surface area contributed by atoms with Crippen LogP contribution in [0.1, 0.15) is 40.5 Å². The number of carbonyl (C=O) groups is 1. The van der Waals surface area contributed by atoms with Gasteiger partial charge < -0.3 is 4.74 Å². The lowest BCUT2D eigenvalue weighted by Crippen LogP contribution is -2.33. The number of allylic oxidation sites excluding steroid dienone is 1. The van der Waals surface area contributed by atoms with Gasteiger partial charge in [0, 0.05) is 18.3 Å². The molecular formula is C12H20O2. The van der Waals surface area contributed by atoms with Gasteiger partial charge in [0.05, 0.1) is 5.76 Å². The molecule has 0 aromatic rings. The highest BCUT2D eigenvalue weighted by Gasteiger charge is 2.42. The van der Waals surface area contributed by atoms with Crippen LogP contribution in [-0.2, 0) is 9.53 Å². The second-order valence-corrected chi connectivity index (χ2v) is 5.27. The van der Waals surface area contributed by atoms with Gasteiger partial charge in [0.25, 0.3) is 0 Å². The Bertz CT molecular complexity index is 251. The van der Waals surface area contributed by atoms with E-state index in [0.717, 1.165) is 12.2 Å². The normalized spacial score (nSPS) is 25.2. The third-order valence-corrected chi connectivity index (χ3v) is 2.55. The molecule has 0 spiro atoms. The highest BCUT2D eigenvalue weighted by Crippen LogP contribution is 2.40. The predicted molar refractivity (Wildman–Crippen MR) is 56.9 cm³/mol. The van der Waals surface area contributed by atoms with Gasteiger partial charge in [-0.3, -0.25) is 4.79 Å². The zero-order valence-electron chi connectivity index (χ0n) is 9.59. The quantitative estimate of drug-likeness (QED) is 0.693. The molecule has 0 amide bonds. The summed E-state index contributed by atoms with van der Waals surface area (Å²) in [6.07, 6.45) is 1.11. The summed E-state index contributed by atoms with van der Waals surface area (Å²) in [6.45, 7) is 12.0. The maximum atomic E-state index is 11.9. The zero-order chi connectivity index (χ0) is 10.9. The summed E-state index contributed by atoms with van der Waals surface area (Å²) < 4.78 is 5.50. The molecule has 0 aromatic carbocycles. The van der Waals surface area contributed by atoms with Crippen LogP contribution in [0.15, 0.2) is 12.3 Å². The van der Waals surface area contributed by atoms with E-state index in [2.05, 4.69) is 34.3 Å². The highest BCUT2D eigenvalue weighted by molar-refractivity contribution is 5.84. The van der Waals surface area contributed by atoms with Crippen molar-refractivity contribution < 1.29 is 9.53 Å². The van der Waals surface area contributed by atoms with Crippen LogP contribution in [-0.4, -0.2) is 11.9 Å². The van der Waals surface area contributed by atoms with E-state index in [9.17, 15) is 4.79 Å². The summed E-state index contributed by atoms with van der Waals surface area (Å²) in [7, 11) is 0. The lowest BCUT2D eigenvalue weighted by molar-refractivity contribution is -0.131. The van der Waals surface area contributed by atoms with Crippen molar-refractivity contribution in [3.8, 4) is 0 Å². The summed E-state index contributed by atoms with van der Waals surface area (Å²) in [6, 6.07) is 0. The highest BCUT2D eigenvalue weighted by atomic mass is 16.5. The molecule has 0 N–H and O–H groups in total. The summed E-state index contributed by atoms with van der Waals surface area (Å²) in [5.74, 6) is 1.36. The first-order valence-corrected chi connectivity index (χ1v) is 5.20. The van der Waals surface area contributed by atoms with Crippen LogP contribution in [0.3, 0.4) is 0 Å². The topological polar surface area (TPSA) is 26.3 Å². The first kappa shape index (κ1) is 11.3. The molecule has 14 heavy (non-hydrogen) atoms. The molecule has 1 aliphatic heterocycles. The van der Waals surface area contributed by atoms with Crippen molar-refractivity contribution in [3.05, 3.63) is 12.3 Å². The maximum absolute atomic E-state index is 11.9. The average Bonchev–Trinajstić information content (AvgIpc) is 2.22. The zero-order valence-corrected chi connectivity index (χ0v) is 9.59. The van der Waals surface area contributed by atoms with Crippen molar-refractivity contribution >= 4 is 5.78 Å². The Balaban J connectivity index is 2.68. The molecule has 1 atom stereocenters. The van der Waals surface area contributed by atoms with Crippen molar-refractivity contribution in [1.29, 1.82) is 0 Å². The molecule has 0 aromatic heterocycles. The van der Waals surface area contributed by atoms with E-state index in [1.54, 1.807) is 0 Å². The predicted octanol–water partition coefficient (Wildman–Crippen LogP) is 2.93. The largest absolute Gasteiger partial charge is 0.487 e. The van der Waals surface area contributed by atoms with Crippen molar-refractivity contribution in [3.63, 3.8) is 0 Å². The molecule has 0 bridgehead atoms. The van der Waals surface area contributed by atoms with E-state index in [1.807, 2.05) is 0 Å². The van der Waals surface area contributed by atoms with Crippen molar-refractivity contribution in [2.24, 2.45) is 11.3 Å². The molecule has 2 nitrogen and oxygen atoms in total. The first-order chi connectivity index (χ1) is 6.33. The van der Waals surface area contributed by atoms with E-state index >= 15 is 0 Å².